The second-order valence-corrected chi connectivity index (χ2v) is 9.54. The van der Waals surface area contributed by atoms with Crippen LogP contribution in [0, 0.1) is 11.7 Å². The van der Waals surface area contributed by atoms with Crippen molar-refractivity contribution in [3.63, 3.8) is 0 Å². The van der Waals surface area contributed by atoms with E-state index in [9.17, 15) is 22.4 Å². The van der Waals surface area contributed by atoms with Gasteiger partial charge in [0.1, 0.15) is 11.5 Å². The number of piperidine rings is 1. The number of nitrogens with one attached hydrogen (secondary N) is 1. The molecule has 2 rings (SSSR count). The lowest BCUT2D eigenvalue weighted by Crippen LogP contribution is -2.48. The fourth-order valence-electron chi connectivity index (χ4n) is 4.01. The Morgan fingerprint density at radius 2 is 2.03 bits per heavy atom. The minimum Gasteiger partial charge on any atom is -0.476 e. The number of benzene rings is 1. The van der Waals surface area contributed by atoms with Crippen molar-refractivity contribution in [2.24, 2.45) is 20.9 Å². The third kappa shape index (κ3) is 8.95. The van der Waals surface area contributed by atoms with Gasteiger partial charge in [0.25, 0.3) is 12.3 Å². The van der Waals surface area contributed by atoms with Crippen LogP contribution in [0.5, 0.6) is 0 Å². The normalized spacial score (nSPS) is 17.2. The second kappa shape index (κ2) is 15.6. The molecule has 1 fully saturated rings. The predicted molar refractivity (Wildman–Crippen MR) is 146 cm³/mol. The zero-order valence-electron chi connectivity index (χ0n) is 21.1. The number of nitrogens with zero attached hydrogens (tertiary/aromatic N) is 4. The standard InChI is InChI=1S/C25H30ClF4N5O2S/c1-15(27)34-20(13-31-2)37-14-16-8-10-35(11-9-16)19(23(38-4)22(32-3)24(29)30)12-33-25(36)21-17(26)6-5-7-18(21)28/h5-7,13,16,19,24H,2-3,8-12,14H2,1,4H3,(H,33,36)/b20-13+,23-22-,34-15+. The number of likely N-dealkylation sites (tertiary alicyclic amines) is 1. The molecule has 0 bridgehead atoms. The van der Waals surface area contributed by atoms with E-state index in [0.717, 1.165) is 17.8 Å². The highest BCUT2D eigenvalue weighted by atomic mass is 35.5. The summed E-state index contributed by atoms with van der Waals surface area (Å²) < 4.78 is 60.5. The largest absolute Gasteiger partial charge is 0.476 e. The average molecular weight is 576 g/mol. The Morgan fingerprint density at radius 1 is 1.34 bits per heavy atom. The number of amides is 1. The summed E-state index contributed by atoms with van der Waals surface area (Å²) in [7, 11) is 0. The maximum absolute atomic E-state index is 14.2. The number of alkyl halides is 2. The van der Waals surface area contributed by atoms with Crippen LogP contribution >= 0.6 is 23.4 Å². The molecule has 0 saturated carbocycles. The Balaban J connectivity index is 2.20. The smallest absolute Gasteiger partial charge is 0.281 e. The van der Waals surface area contributed by atoms with E-state index < -0.39 is 35.9 Å². The zero-order chi connectivity index (χ0) is 28.2. The first kappa shape index (κ1) is 31.5. The molecule has 1 aliphatic rings. The summed E-state index contributed by atoms with van der Waals surface area (Å²) in [4.78, 5) is 25.7. The molecule has 1 heterocycles. The van der Waals surface area contributed by atoms with Gasteiger partial charge in [0.15, 0.2) is 5.97 Å². The van der Waals surface area contributed by atoms with E-state index in [2.05, 4.69) is 33.7 Å². The van der Waals surface area contributed by atoms with Gasteiger partial charge in [0.05, 0.1) is 29.4 Å². The molecule has 1 aliphatic heterocycles. The van der Waals surface area contributed by atoms with Crippen molar-refractivity contribution in [1.29, 1.82) is 0 Å². The van der Waals surface area contributed by atoms with Crippen molar-refractivity contribution in [2.45, 2.75) is 32.2 Å². The summed E-state index contributed by atoms with van der Waals surface area (Å²) in [6.45, 7) is 8.91. The molecule has 1 aromatic carbocycles. The molecule has 38 heavy (non-hydrogen) atoms. The molecule has 0 aliphatic carbocycles. The molecule has 1 saturated heterocycles. The van der Waals surface area contributed by atoms with Crippen LogP contribution in [-0.2, 0) is 4.74 Å². The zero-order valence-corrected chi connectivity index (χ0v) is 22.7. The van der Waals surface area contributed by atoms with Gasteiger partial charge in [0, 0.05) is 18.4 Å². The van der Waals surface area contributed by atoms with E-state index in [1.807, 2.05) is 4.90 Å². The molecule has 7 nitrogen and oxygen atoms in total. The summed E-state index contributed by atoms with van der Waals surface area (Å²) >= 11 is 7.09. The van der Waals surface area contributed by atoms with Gasteiger partial charge in [-0.15, -0.1) is 11.8 Å². The molecule has 13 heteroatoms. The van der Waals surface area contributed by atoms with Crippen molar-refractivity contribution in [3.05, 3.63) is 57.3 Å². The molecule has 1 amide bonds. The topological polar surface area (TPSA) is 78.7 Å². The fourth-order valence-corrected chi connectivity index (χ4v) is 5.12. The Labute approximate surface area is 228 Å². The molecule has 0 radical (unpaired) electrons. The first-order valence-corrected chi connectivity index (χ1v) is 13.2. The molecule has 1 atom stereocenters. The van der Waals surface area contributed by atoms with Crippen molar-refractivity contribution in [3.8, 4) is 0 Å². The summed E-state index contributed by atoms with van der Waals surface area (Å²) in [6, 6.07) is 3.21. The van der Waals surface area contributed by atoms with E-state index in [4.69, 9.17) is 16.3 Å². The molecule has 1 N–H and O–H groups in total. The average Bonchev–Trinajstić information content (AvgIpc) is 2.86. The van der Waals surface area contributed by atoms with Crippen LogP contribution in [-0.4, -0.2) is 75.2 Å². The van der Waals surface area contributed by atoms with Crippen molar-refractivity contribution < 1.29 is 27.1 Å². The molecule has 1 aromatic rings. The number of allylic oxidation sites excluding steroid dienone is 1. The van der Waals surface area contributed by atoms with Gasteiger partial charge < -0.3 is 10.1 Å². The van der Waals surface area contributed by atoms with Gasteiger partial charge >= 0.3 is 0 Å². The number of thioether (sulfide) groups is 1. The van der Waals surface area contributed by atoms with E-state index in [1.54, 1.807) is 6.26 Å². The van der Waals surface area contributed by atoms with Crippen LogP contribution in [0.4, 0.5) is 17.6 Å². The Kier molecular flexibility index (Phi) is 13.0. The molecule has 1 unspecified atom stereocenters. The van der Waals surface area contributed by atoms with E-state index in [1.165, 1.54) is 25.3 Å². The quantitative estimate of drug-likeness (QED) is 0.185. The van der Waals surface area contributed by atoms with E-state index >= 15 is 0 Å². The van der Waals surface area contributed by atoms with Crippen LogP contribution < -0.4 is 5.32 Å². The molecule has 208 valence electrons. The highest BCUT2D eigenvalue weighted by molar-refractivity contribution is 8.02. The van der Waals surface area contributed by atoms with Gasteiger partial charge in [0.2, 0.25) is 5.88 Å². The van der Waals surface area contributed by atoms with Gasteiger partial charge in [-0.3, -0.25) is 19.7 Å². The van der Waals surface area contributed by atoms with Crippen molar-refractivity contribution >= 4 is 48.7 Å². The van der Waals surface area contributed by atoms with Crippen LogP contribution in [0.3, 0.4) is 0 Å². The molecule has 0 spiro atoms. The molecular weight excluding hydrogens is 546 g/mol. The van der Waals surface area contributed by atoms with Crippen LogP contribution in [0.1, 0.15) is 30.1 Å². The van der Waals surface area contributed by atoms with E-state index in [-0.39, 0.29) is 40.4 Å². The van der Waals surface area contributed by atoms with Crippen molar-refractivity contribution in [2.75, 3.05) is 32.5 Å². The third-order valence-electron chi connectivity index (χ3n) is 5.82. The minimum absolute atomic E-state index is 0.000980. The van der Waals surface area contributed by atoms with Crippen molar-refractivity contribution in [1.82, 2.24) is 10.2 Å². The first-order chi connectivity index (χ1) is 18.1. The number of ether oxygens (including phenoxy) is 1. The van der Waals surface area contributed by atoms with Gasteiger partial charge in [-0.1, -0.05) is 17.7 Å². The first-order valence-electron chi connectivity index (χ1n) is 11.6. The maximum Gasteiger partial charge on any atom is 0.281 e. The predicted octanol–water partition coefficient (Wildman–Crippen LogP) is 5.73. The SMILES string of the molecule is C=N/C=C(\N=C(/C)F)OCC1CCN(C(CNC(=O)c2c(F)cccc2Cl)/C(SC)=C(/N=C)C(F)F)CC1. The second-order valence-electron chi connectivity index (χ2n) is 8.28. The van der Waals surface area contributed by atoms with Gasteiger partial charge in [-0.25, -0.2) is 13.2 Å². The van der Waals surface area contributed by atoms with Crippen LogP contribution in [0.15, 0.2) is 55.9 Å². The summed E-state index contributed by atoms with van der Waals surface area (Å²) in [6.07, 6.45) is 1.24. The monoisotopic (exact) mass is 575 g/mol. The number of hydrogen-bond donors (Lipinski definition) is 1. The van der Waals surface area contributed by atoms with Gasteiger partial charge in [-0.05, 0) is 63.7 Å². The number of halogens is 5. The maximum atomic E-state index is 14.2. The lowest BCUT2D eigenvalue weighted by molar-refractivity contribution is 0.0854. The fraction of sp³-hybridized carbons (Fsp3) is 0.440. The summed E-state index contributed by atoms with van der Waals surface area (Å²) in [5, 5.41) is 2.57. The number of carbonyl (C=O) groups is 1. The van der Waals surface area contributed by atoms with Gasteiger partial charge in [-0.2, -0.15) is 9.38 Å². The Morgan fingerprint density at radius 3 is 2.55 bits per heavy atom. The highest BCUT2D eigenvalue weighted by Gasteiger charge is 2.32. The number of hydrogen-bond acceptors (Lipinski definition) is 7. The molecular formula is C25H30ClF4N5O2S. The van der Waals surface area contributed by atoms with Crippen LogP contribution in [0.25, 0.3) is 0 Å². The van der Waals surface area contributed by atoms with Crippen LogP contribution in [0.2, 0.25) is 5.02 Å². The third-order valence-corrected chi connectivity index (χ3v) is 7.06. The Bertz CT molecular complexity index is 1070. The summed E-state index contributed by atoms with van der Waals surface area (Å²) in [5.41, 5.74) is -0.796. The lowest BCUT2D eigenvalue weighted by atomic mass is 9.96. The Hall–Kier alpha value is -2.70. The number of carbonyl (C=O) groups excluding carboxylic acids is 1. The number of rotatable bonds is 13. The minimum atomic E-state index is -2.87. The number of aliphatic imine (C=N–C) groups is 3. The lowest BCUT2D eigenvalue weighted by Gasteiger charge is -2.38. The van der Waals surface area contributed by atoms with E-state index in [0.29, 0.717) is 25.9 Å². The molecule has 0 aromatic heterocycles. The highest BCUT2D eigenvalue weighted by Crippen LogP contribution is 2.31. The summed E-state index contributed by atoms with van der Waals surface area (Å²) in [5.74, 6) is -2.15.